The zero-order chi connectivity index (χ0) is 13.7. The number of benzene rings is 1. The van der Waals surface area contributed by atoms with Gasteiger partial charge in [0, 0.05) is 39.3 Å². The summed E-state index contributed by atoms with van der Waals surface area (Å²) in [6.07, 6.45) is 0. The zero-order valence-electron chi connectivity index (χ0n) is 11.4. The molecule has 1 aliphatic heterocycles. The van der Waals surface area contributed by atoms with Gasteiger partial charge in [0.15, 0.2) is 0 Å². The number of nitrogens with zero attached hydrogens (tertiary/aromatic N) is 3. The van der Waals surface area contributed by atoms with Crippen LogP contribution in [0.2, 0.25) is 0 Å². The molecule has 5 heteroatoms. The Balaban J connectivity index is 1.81. The van der Waals surface area contributed by atoms with Gasteiger partial charge in [0.25, 0.3) is 0 Å². The number of hydrogen-bond donors (Lipinski definition) is 2. The van der Waals surface area contributed by atoms with Gasteiger partial charge in [-0.1, -0.05) is 0 Å². The lowest BCUT2D eigenvalue weighted by molar-refractivity contribution is 0.158. The predicted molar refractivity (Wildman–Crippen MR) is 78.0 cm³/mol. The van der Waals surface area contributed by atoms with E-state index in [4.69, 9.17) is 11.0 Å². The summed E-state index contributed by atoms with van der Waals surface area (Å²) in [6.45, 7) is 6.35. The minimum Gasteiger partial charge on any atom is -0.397 e. The molecule has 0 saturated carbocycles. The summed E-state index contributed by atoms with van der Waals surface area (Å²) in [5.74, 6) is 0. The molecule has 102 valence electrons. The van der Waals surface area contributed by atoms with Crippen LogP contribution in [0.4, 0.5) is 11.4 Å². The molecule has 1 aromatic rings. The Morgan fingerprint density at radius 1 is 1.32 bits per heavy atom. The fourth-order valence-electron chi connectivity index (χ4n) is 2.20. The number of nitriles is 1. The summed E-state index contributed by atoms with van der Waals surface area (Å²) in [4.78, 5) is 4.79. The van der Waals surface area contributed by atoms with Gasteiger partial charge in [-0.15, -0.1) is 0 Å². The molecule has 1 saturated heterocycles. The van der Waals surface area contributed by atoms with Crippen LogP contribution in [0.5, 0.6) is 0 Å². The van der Waals surface area contributed by atoms with E-state index in [-0.39, 0.29) is 0 Å². The maximum atomic E-state index is 8.88. The van der Waals surface area contributed by atoms with Gasteiger partial charge in [-0.05, 0) is 25.2 Å². The molecule has 0 aromatic heterocycles. The second-order valence-corrected chi connectivity index (χ2v) is 4.99. The Labute approximate surface area is 114 Å². The molecule has 19 heavy (non-hydrogen) atoms. The Morgan fingerprint density at radius 3 is 2.74 bits per heavy atom. The Kier molecular flexibility index (Phi) is 4.61. The normalized spacial score (nSPS) is 17.1. The van der Waals surface area contributed by atoms with Crippen LogP contribution < -0.4 is 11.1 Å². The summed E-state index contributed by atoms with van der Waals surface area (Å²) in [6, 6.07) is 7.44. The summed E-state index contributed by atoms with van der Waals surface area (Å²) in [7, 11) is 2.16. The molecule has 0 radical (unpaired) electrons. The maximum absolute atomic E-state index is 8.88. The van der Waals surface area contributed by atoms with Crippen LogP contribution in [0.3, 0.4) is 0 Å². The molecule has 0 amide bonds. The Hall–Kier alpha value is -1.77. The van der Waals surface area contributed by atoms with E-state index in [1.54, 1.807) is 18.2 Å². The van der Waals surface area contributed by atoms with Crippen molar-refractivity contribution in [3.63, 3.8) is 0 Å². The monoisotopic (exact) mass is 259 g/mol. The summed E-state index contributed by atoms with van der Waals surface area (Å²) < 4.78 is 0. The minimum absolute atomic E-state index is 0.635. The van der Waals surface area contributed by atoms with Gasteiger partial charge in [-0.2, -0.15) is 5.26 Å². The van der Waals surface area contributed by atoms with Crippen LogP contribution in [0.25, 0.3) is 0 Å². The van der Waals surface area contributed by atoms with E-state index in [1.165, 1.54) is 0 Å². The van der Waals surface area contributed by atoms with Crippen LogP contribution in [0, 0.1) is 11.3 Å². The molecular weight excluding hydrogens is 238 g/mol. The minimum atomic E-state index is 0.635. The van der Waals surface area contributed by atoms with Gasteiger partial charge >= 0.3 is 0 Å². The average molecular weight is 259 g/mol. The number of anilines is 2. The molecule has 0 spiro atoms. The third-order valence-electron chi connectivity index (χ3n) is 3.52. The number of rotatable bonds is 4. The first-order valence-electron chi connectivity index (χ1n) is 6.63. The predicted octanol–water partition coefficient (Wildman–Crippen LogP) is 0.800. The number of hydrogen-bond acceptors (Lipinski definition) is 5. The van der Waals surface area contributed by atoms with E-state index in [2.05, 4.69) is 28.2 Å². The van der Waals surface area contributed by atoms with Gasteiger partial charge in [0.05, 0.1) is 23.0 Å². The fourth-order valence-corrected chi connectivity index (χ4v) is 2.20. The first kappa shape index (κ1) is 13.7. The standard InChI is InChI=1S/C14H21N5/c1-18-6-8-19(9-7-18)5-4-17-14-10-12(11-15)2-3-13(14)16/h2-3,10,17H,4-9,16H2,1H3. The lowest BCUT2D eigenvalue weighted by Gasteiger charge is -2.32. The van der Waals surface area contributed by atoms with Crippen molar-refractivity contribution < 1.29 is 0 Å². The first-order chi connectivity index (χ1) is 9.19. The molecule has 3 N–H and O–H groups in total. The summed E-state index contributed by atoms with van der Waals surface area (Å²) in [5, 5.41) is 12.2. The van der Waals surface area contributed by atoms with Gasteiger partial charge in [-0.3, -0.25) is 4.90 Å². The van der Waals surface area contributed by atoms with Crippen molar-refractivity contribution in [1.29, 1.82) is 5.26 Å². The van der Waals surface area contributed by atoms with Crippen molar-refractivity contribution in [2.75, 3.05) is 57.4 Å². The molecule has 0 aliphatic carbocycles. The van der Waals surface area contributed by atoms with E-state index in [9.17, 15) is 0 Å². The summed E-state index contributed by atoms with van der Waals surface area (Å²) >= 11 is 0. The number of nitrogen functional groups attached to an aromatic ring is 1. The number of likely N-dealkylation sites (N-methyl/N-ethyl adjacent to an activating group) is 1. The summed E-state index contributed by atoms with van der Waals surface area (Å²) in [5.41, 5.74) is 8.07. The number of nitrogens with two attached hydrogens (primary N) is 1. The SMILES string of the molecule is CN1CCN(CCNc2cc(C#N)ccc2N)CC1. The van der Waals surface area contributed by atoms with Crippen molar-refractivity contribution in [3.05, 3.63) is 23.8 Å². The average Bonchev–Trinajstić information content (AvgIpc) is 2.43. The highest BCUT2D eigenvalue weighted by molar-refractivity contribution is 5.68. The molecule has 1 aliphatic rings. The molecule has 5 nitrogen and oxygen atoms in total. The maximum Gasteiger partial charge on any atom is 0.0992 e. The van der Waals surface area contributed by atoms with Gasteiger partial charge in [0.1, 0.15) is 0 Å². The quantitative estimate of drug-likeness (QED) is 0.783. The van der Waals surface area contributed by atoms with E-state index in [1.807, 2.05) is 0 Å². The van der Waals surface area contributed by atoms with Crippen molar-refractivity contribution in [3.8, 4) is 6.07 Å². The van der Waals surface area contributed by atoms with Crippen LogP contribution >= 0.6 is 0 Å². The number of nitrogens with one attached hydrogen (secondary N) is 1. The molecule has 1 heterocycles. The third-order valence-corrected chi connectivity index (χ3v) is 3.52. The molecule has 2 rings (SSSR count). The largest absolute Gasteiger partial charge is 0.397 e. The fraction of sp³-hybridized carbons (Fsp3) is 0.500. The molecule has 0 bridgehead atoms. The van der Waals surface area contributed by atoms with Crippen molar-refractivity contribution in [2.24, 2.45) is 0 Å². The van der Waals surface area contributed by atoms with Gasteiger partial charge in [0.2, 0.25) is 0 Å². The van der Waals surface area contributed by atoms with Crippen LogP contribution in [0.15, 0.2) is 18.2 Å². The van der Waals surface area contributed by atoms with Crippen LogP contribution in [0.1, 0.15) is 5.56 Å². The highest BCUT2D eigenvalue weighted by Gasteiger charge is 2.12. The third kappa shape index (κ3) is 3.85. The smallest absolute Gasteiger partial charge is 0.0992 e. The number of piperazine rings is 1. The first-order valence-corrected chi connectivity index (χ1v) is 6.63. The van der Waals surface area contributed by atoms with Crippen LogP contribution in [-0.4, -0.2) is 56.1 Å². The van der Waals surface area contributed by atoms with Crippen molar-refractivity contribution in [1.82, 2.24) is 9.80 Å². The highest BCUT2D eigenvalue weighted by atomic mass is 15.2. The molecule has 0 unspecified atom stereocenters. The highest BCUT2D eigenvalue weighted by Crippen LogP contribution is 2.19. The molecular formula is C14H21N5. The molecule has 0 atom stereocenters. The van der Waals surface area contributed by atoms with E-state index < -0.39 is 0 Å². The second-order valence-electron chi connectivity index (χ2n) is 4.99. The topological polar surface area (TPSA) is 68.3 Å². The van der Waals surface area contributed by atoms with E-state index in [0.29, 0.717) is 11.3 Å². The Morgan fingerprint density at radius 2 is 2.05 bits per heavy atom. The lowest BCUT2D eigenvalue weighted by Crippen LogP contribution is -2.45. The lowest BCUT2D eigenvalue weighted by atomic mass is 10.2. The van der Waals surface area contributed by atoms with Gasteiger partial charge < -0.3 is 16.0 Å². The van der Waals surface area contributed by atoms with E-state index >= 15 is 0 Å². The Bertz CT molecular complexity index is 457. The molecule has 1 fully saturated rings. The van der Waals surface area contributed by atoms with Gasteiger partial charge in [-0.25, -0.2) is 0 Å². The zero-order valence-corrected chi connectivity index (χ0v) is 11.4. The van der Waals surface area contributed by atoms with E-state index in [0.717, 1.165) is 45.0 Å². The van der Waals surface area contributed by atoms with Crippen molar-refractivity contribution in [2.45, 2.75) is 0 Å². The molecule has 1 aromatic carbocycles. The van der Waals surface area contributed by atoms with Crippen LogP contribution in [-0.2, 0) is 0 Å². The van der Waals surface area contributed by atoms with Crippen molar-refractivity contribution >= 4 is 11.4 Å². The second kappa shape index (κ2) is 6.41.